The molecule has 0 bridgehead atoms. The van der Waals surface area contributed by atoms with E-state index in [0.717, 1.165) is 32.6 Å². The summed E-state index contributed by atoms with van der Waals surface area (Å²) >= 11 is 2.05. The van der Waals surface area contributed by atoms with E-state index in [2.05, 4.69) is 10.2 Å². The summed E-state index contributed by atoms with van der Waals surface area (Å²) in [6, 6.07) is 6.52. The number of hydrogen-bond acceptors (Lipinski definition) is 3. The topological polar surface area (TPSA) is 35.6 Å². The molecule has 0 aliphatic carbocycles. The number of nitrogens with one attached hydrogen (secondary N) is 1. The van der Waals surface area contributed by atoms with Gasteiger partial charge in [0.2, 0.25) is 0 Å². The fourth-order valence-electron chi connectivity index (χ4n) is 3.29. The molecule has 2 heterocycles. The Morgan fingerprint density at radius 3 is 2.57 bits per heavy atom. The number of benzene rings is 1. The summed E-state index contributed by atoms with van der Waals surface area (Å²) in [6.45, 7) is 3.57. The Morgan fingerprint density at radius 1 is 1.09 bits per heavy atom. The van der Waals surface area contributed by atoms with Crippen LogP contribution in [0.25, 0.3) is 0 Å². The highest BCUT2D eigenvalue weighted by Gasteiger charge is 2.25. The number of amides is 2. The molecule has 0 unspecified atom stereocenters. The third-order valence-corrected chi connectivity index (χ3v) is 5.67. The number of anilines is 1. The monoisotopic (exact) mass is 337 g/mol. The number of nitrogens with zero attached hydrogens (tertiary/aromatic N) is 2. The Labute approximate surface area is 141 Å². The van der Waals surface area contributed by atoms with Gasteiger partial charge in [-0.1, -0.05) is 0 Å². The molecular formula is C17H24FN3OS. The summed E-state index contributed by atoms with van der Waals surface area (Å²) in [6.07, 6.45) is 3.55. The van der Waals surface area contributed by atoms with Crippen LogP contribution in [0.1, 0.15) is 19.3 Å². The molecule has 6 heteroatoms. The quantitative estimate of drug-likeness (QED) is 0.900. The average Bonchev–Trinajstić information content (AvgIpc) is 2.84. The second-order valence-electron chi connectivity index (χ2n) is 6.16. The molecule has 0 radical (unpaired) electrons. The molecule has 0 saturated carbocycles. The molecule has 126 valence electrons. The van der Waals surface area contributed by atoms with E-state index in [9.17, 15) is 9.18 Å². The van der Waals surface area contributed by atoms with E-state index in [4.69, 9.17) is 0 Å². The van der Waals surface area contributed by atoms with Crippen LogP contribution in [-0.4, -0.2) is 59.6 Å². The van der Waals surface area contributed by atoms with Crippen molar-refractivity contribution >= 4 is 23.5 Å². The van der Waals surface area contributed by atoms with Crippen LogP contribution in [0.4, 0.5) is 14.9 Å². The Balaban J connectivity index is 1.52. The van der Waals surface area contributed by atoms with Crippen molar-refractivity contribution in [3.63, 3.8) is 0 Å². The summed E-state index contributed by atoms with van der Waals surface area (Å²) < 4.78 is 12.9. The summed E-state index contributed by atoms with van der Waals surface area (Å²) in [7, 11) is 0. The number of halogens is 1. The minimum atomic E-state index is -0.293. The van der Waals surface area contributed by atoms with Gasteiger partial charge in [0, 0.05) is 37.9 Å². The average molecular weight is 337 g/mol. The fourth-order valence-corrected chi connectivity index (χ4v) is 4.37. The lowest BCUT2D eigenvalue weighted by Gasteiger charge is -2.33. The van der Waals surface area contributed by atoms with E-state index in [0.29, 0.717) is 11.7 Å². The molecule has 1 aromatic carbocycles. The molecule has 2 fully saturated rings. The fraction of sp³-hybridized carbons (Fsp3) is 0.588. The van der Waals surface area contributed by atoms with E-state index in [1.165, 1.54) is 36.5 Å². The van der Waals surface area contributed by atoms with Crippen molar-refractivity contribution < 1.29 is 9.18 Å². The van der Waals surface area contributed by atoms with E-state index in [-0.39, 0.29) is 11.8 Å². The molecule has 1 N–H and O–H groups in total. The summed E-state index contributed by atoms with van der Waals surface area (Å²) in [5.41, 5.74) is 0.641. The van der Waals surface area contributed by atoms with Gasteiger partial charge in [0.15, 0.2) is 0 Å². The van der Waals surface area contributed by atoms with Crippen LogP contribution < -0.4 is 5.32 Å². The molecule has 3 rings (SSSR count). The number of rotatable bonds is 2. The first kappa shape index (κ1) is 16.6. The van der Waals surface area contributed by atoms with Gasteiger partial charge in [0.25, 0.3) is 0 Å². The van der Waals surface area contributed by atoms with Gasteiger partial charge in [-0.3, -0.25) is 4.90 Å². The van der Waals surface area contributed by atoms with Gasteiger partial charge in [-0.25, -0.2) is 9.18 Å². The highest BCUT2D eigenvalue weighted by atomic mass is 32.2. The summed E-state index contributed by atoms with van der Waals surface area (Å²) in [4.78, 5) is 16.8. The first-order chi connectivity index (χ1) is 11.2. The first-order valence-electron chi connectivity index (χ1n) is 8.36. The summed E-state index contributed by atoms with van der Waals surface area (Å²) in [5.74, 6) is 2.23. The Bertz CT molecular complexity index is 519. The Hall–Kier alpha value is -1.27. The van der Waals surface area contributed by atoms with Gasteiger partial charge in [-0.05, 0) is 55.0 Å². The molecular weight excluding hydrogens is 313 g/mol. The molecule has 2 aliphatic rings. The molecule has 1 aromatic rings. The number of urea groups is 1. The largest absolute Gasteiger partial charge is 0.323 e. The van der Waals surface area contributed by atoms with Crippen LogP contribution in [-0.2, 0) is 0 Å². The standard InChI is InChI=1S/C17H24FN3OS/c18-14-2-4-15(5-3-14)19-17(22)21-9-1-8-20(10-11-21)16-6-12-23-13-7-16/h2-5,16H,1,6-13H2,(H,19,22). The Morgan fingerprint density at radius 2 is 1.83 bits per heavy atom. The van der Waals surface area contributed by atoms with Crippen LogP contribution in [0.2, 0.25) is 0 Å². The van der Waals surface area contributed by atoms with Gasteiger partial charge in [0.05, 0.1) is 0 Å². The highest BCUT2D eigenvalue weighted by Crippen LogP contribution is 2.23. The zero-order valence-electron chi connectivity index (χ0n) is 13.3. The molecule has 2 aliphatic heterocycles. The second kappa shape index (κ2) is 8.02. The zero-order chi connectivity index (χ0) is 16.1. The third kappa shape index (κ3) is 4.61. The maximum Gasteiger partial charge on any atom is 0.321 e. The molecule has 4 nitrogen and oxygen atoms in total. The van der Waals surface area contributed by atoms with Crippen LogP contribution >= 0.6 is 11.8 Å². The lowest BCUT2D eigenvalue weighted by Crippen LogP contribution is -2.42. The normalized spacial score (nSPS) is 21.0. The number of carbonyl (C=O) groups is 1. The molecule has 0 spiro atoms. The number of carbonyl (C=O) groups excluding carboxylic acids is 1. The van der Waals surface area contributed by atoms with Crippen molar-refractivity contribution in [2.75, 3.05) is 43.0 Å². The van der Waals surface area contributed by atoms with E-state index < -0.39 is 0 Å². The van der Waals surface area contributed by atoms with Crippen molar-refractivity contribution in [2.45, 2.75) is 25.3 Å². The Kier molecular flexibility index (Phi) is 5.78. The zero-order valence-corrected chi connectivity index (χ0v) is 14.2. The van der Waals surface area contributed by atoms with Crippen molar-refractivity contribution in [1.82, 2.24) is 9.80 Å². The lowest BCUT2D eigenvalue weighted by atomic mass is 10.1. The predicted molar refractivity (Wildman–Crippen MR) is 93.5 cm³/mol. The summed E-state index contributed by atoms with van der Waals surface area (Å²) in [5, 5.41) is 2.86. The molecule has 0 atom stereocenters. The number of hydrogen-bond donors (Lipinski definition) is 1. The van der Waals surface area contributed by atoms with E-state index >= 15 is 0 Å². The van der Waals surface area contributed by atoms with E-state index in [1.807, 2.05) is 16.7 Å². The highest BCUT2D eigenvalue weighted by molar-refractivity contribution is 7.99. The van der Waals surface area contributed by atoms with Gasteiger partial charge in [0.1, 0.15) is 5.82 Å². The maximum absolute atomic E-state index is 12.9. The third-order valence-electron chi connectivity index (χ3n) is 4.62. The first-order valence-corrected chi connectivity index (χ1v) is 9.51. The van der Waals surface area contributed by atoms with Crippen molar-refractivity contribution in [3.05, 3.63) is 30.1 Å². The lowest BCUT2D eigenvalue weighted by molar-refractivity contribution is 0.186. The SMILES string of the molecule is O=C(Nc1ccc(F)cc1)N1CCCN(C2CCSCC2)CC1. The molecule has 23 heavy (non-hydrogen) atoms. The van der Waals surface area contributed by atoms with Crippen molar-refractivity contribution in [3.8, 4) is 0 Å². The van der Waals surface area contributed by atoms with Crippen molar-refractivity contribution in [1.29, 1.82) is 0 Å². The minimum Gasteiger partial charge on any atom is -0.323 e. The van der Waals surface area contributed by atoms with Gasteiger partial charge in [-0.2, -0.15) is 11.8 Å². The van der Waals surface area contributed by atoms with E-state index in [1.54, 1.807) is 12.1 Å². The predicted octanol–water partition coefficient (Wildman–Crippen LogP) is 3.26. The van der Waals surface area contributed by atoms with Crippen LogP contribution in [0.15, 0.2) is 24.3 Å². The van der Waals surface area contributed by atoms with Gasteiger partial charge >= 0.3 is 6.03 Å². The smallest absolute Gasteiger partial charge is 0.321 e. The molecule has 2 amide bonds. The minimum absolute atomic E-state index is 0.0855. The van der Waals surface area contributed by atoms with Gasteiger partial charge < -0.3 is 10.2 Å². The van der Waals surface area contributed by atoms with Crippen LogP contribution in [0.3, 0.4) is 0 Å². The number of thioether (sulfide) groups is 1. The molecule has 2 saturated heterocycles. The van der Waals surface area contributed by atoms with Gasteiger partial charge in [-0.15, -0.1) is 0 Å². The maximum atomic E-state index is 12.9. The molecule has 0 aromatic heterocycles. The van der Waals surface area contributed by atoms with Crippen LogP contribution in [0, 0.1) is 5.82 Å². The van der Waals surface area contributed by atoms with Crippen LogP contribution in [0.5, 0.6) is 0 Å². The second-order valence-corrected chi connectivity index (χ2v) is 7.38. The van der Waals surface area contributed by atoms with Crippen molar-refractivity contribution in [2.24, 2.45) is 0 Å².